The quantitative estimate of drug-likeness (QED) is 0.0272. The molecule has 86 heavy (non-hydrogen) atoms. The molecule has 3 unspecified atom stereocenters. The number of carbonyl (C=O) groups is 1. The molecule has 0 radical (unpaired) electrons. The maximum absolute atomic E-state index is 13.0. The van der Waals surface area contributed by atoms with Gasteiger partial charge in [-0.15, -0.1) is 0 Å². The second-order valence-electron chi connectivity index (χ2n) is 25.2. The summed E-state index contributed by atoms with van der Waals surface area (Å²) < 4.78 is 23.4. The number of aliphatic hydroxyl groups is 1. The number of nitrogens with one attached hydrogen (secondary N) is 1. The normalized spacial score (nSPS) is 14.4. The topological polar surface area (TPSA) is 108 Å². The van der Waals surface area contributed by atoms with Crippen LogP contribution in [0.1, 0.15) is 309 Å². The Morgan fingerprint density at radius 1 is 0.419 bits per heavy atom. The molecular weight excluding hydrogens is 1080 g/mol. The third kappa shape index (κ3) is 68.4. The number of hydrogen-bond acceptors (Lipinski definition) is 6. The van der Waals surface area contributed by atoms with Crippen LogP contribution < -0.4 is 10.2 Å². The number of phosphoric acid groups is 1. The molecule has 0 aromatic carbocycles. The van der Waals surface area contributed by atoms with Crippen molar-refractivity contribution in [1.82, 2.24) is 5.32 Å². The molecule has 0 bridgehead atoms. The van der Waals surface area contributed by atoms with E-state index in [1.807, 2.05) is 27.2 Å². The zero-order chi connectivity index (χ0) is 62.6. The highest BCUT2D eigenvalue weighted by Gasteiger charge is 2.23. The van der Waals surface area contributed by atoms with Crippen molar-refractivity contribution in [2.75, 3.05) is 40.9 Å². The molecule has 0 fully saturated rings. The number of nitrogens with zero attached hydrogens (tertiary/aromatic N) is 1. The van der Waals surface area contributed by atoms with Gasteiger partial charge in [-0.1, -0.05) is 322 Å². The van der Waals surface area contributed by atoms with Crippen LogP contribution in [-0.4, -0.2) is 68.5 Å². The van der Waals surface area contributed by atoms with Crippen molar-refractivity contribution in [2.24, 2.45) is 0 Å². The average molecular weight is 1220 g/mol. The van der Waals surface area contributed by atoms with Crippen LogP contribution in [0.3, 0.4) is 0 Å². The van der Waals surface area contributed by atoms with Gasteiger partial charge in [0.1, 0.15) is 13.2 Å². The molecule has 1 amide bonds. The molecule has 0 saturated carbocycles. The SMILES string of the molecule is CC/C=C\C/C=C\C/C=C\C/C=C\C/C=C\C/C=C\C/C=C\CCCCCCCCCCCCCC(=O)NC(COP(=O)([O-])OCC[N+](C)(C)C)C(O)/C=C/CC/C=C/CC/C=C/CCCCCCCCCCCCCCCCCCCCCCC. The Bertz CT molecular complexity index is 1820. The number of phosphoric ester groups is 1. The number of quaternary nitrogens is 1. The summed E-state index contributed by atoms with van der Waals surface area (Å²) >= 11 is 0. The number of aliphatic hydroxyl groups excluding tert-OH is 1. The van der Waals surface area contributed by atoms with Gasteiger partial charge < -0.3 is 28.8 Å². The van der Waals surface area contributed by atoms with E-state index in [1.54, 1.807) is 6.08 Å². The van der Waals surface area contributed by atoms with Gasteiger partial charge in [0.25, 0.3) is 7.82 Å². The summed E-state index contributed by atoms with van der Waals surface area (Å²) in [6, 6.07) is -0.922. The molecule has 0 aliphatic carbocycles. The van der Waals surface area contributed by atoms with Crippen LogP contribution in [0.15, 0.2) is 122 Å². The van der Waals surface area contributed by atoms with E-state index in [0.29, 0.717) is 17.4 Å². The van der Waals surface area contributed by atoms with Gasteiger partial charge in [0, 0.05) is 6.42 Å². The number of likely N-dealkylation sites (N-methyl/N-ethyl adjacent to an activating group) is 1. The molecule has 0 saturated heterocycles. The molecule has 0 aromatic rings. The Hall–Kier alpha value is -3.10. The van der Waals surface area contributed by atoms with Gasteiger partial charge in [-0.2, -0.15) is 0 Å². The summed E-state index contributed by atoms with van der Waals surface area (Å²) in [6.45, 7) is 4.52. The molecule has 3 atom stereocenters. The molecule has 0 aliphatic rings. The minimum absolute atomic E-state index is 0.0149. The summed E-state index contributed by atoms with van der Waals surface area (Å²) in [6.07, 6.45) is 99.0. The second-order valence-corrected chi connectivity index (χ2v) is 26.6. The number of amides is 1. The monoisotopic (exact) mass is 1220 g/mol. The highest BCUT2D eigenvalue weighted by Crippen LogP contribution is 2.38. The molecule has 8 nitrogen and oxygen atoms in total. The zero-order valence-corrected chi connectivity index (χ0v) is 57.6. The lowest BCUT2D eigenvalue weighted by Crippen LogP contribution is -2.45. The van der Waals surface area contributed by atoms with E-state index < -0.39 is 26.6 Å². The van der Waals surface area contributed by atoms with Crippen molar-refractivity contribution < 1.29 is 32.9 Å². The third-order valence-corrected chi connectivity index (χ3v) is 16.6. The van der Waals surface area contributed by atoms with Crippen LogP contribution >= 0.6 is 7.82 Å². The molecule has 0 rings (SSSR count). The standard InChI is InChI=1S/C77H137N2O6P/c1-6-8-10-12-14-16-18-20-22-24-26-28-30-32-34-36-38-39-41-43-45-47-49-51-53-55-57-59-61-63-65-67-69-71-77(81)78-75(74-85-86(82,83)84-73-72-79(3,4)5)76(80)70-68-66-64-62-60-58-56-54-52-50-48-46-44-42-40-37-35-33-31-29-27-25-23-21-19-17-15-13-11-9-7-2/h8,10,14,16,20,22,26,28,32,34,38-39,43,45,52,54,60,62,68,70,75-76,80H,6-7,9,11-13,15,17-19,21,23-25,27,29-31,33,35-37,40-42,44,46-51,53,55-59,61,63-67,69,71-74H2,1-5H3,(H-,78,81,82,83)/b10-8-,16-14-,22-20-,28-26-,34-32-,39-38-,45-43-,54-52+,62-60+,70-68+. The van der Waals surface area contributed by atoms with Crippen LogP contribution in [-0.2, 0) is 18.4 Å². The predicted molar refractivity (Wildman–Crippen MR) is 375 cm³/mol. The van der Waals surface area contributed by atoms with Crippen LogP contribution in [0.4, 0.5) is 0 Å². The average Bonchev–Trinajstić information content (AvgIpc) is 3.70. The summed E-state index contributed by atoms with van der Waals surface area (Å²) in [4.78, 5) is 25.6. The Labute approximate surface area is 533 Å². The van der Waals surface area contributed by atoms with Crippen molar-refractivity contribution in [3.05, 3.63) is 122 Å². The summed E-state index contributed by atoms with van der Waals surface area (Å²) in [5.74, 6) is -0.217. The minimum Gasteiger partial charge on any atom is -0.756 e. The van der Waals surface area contributed by atoms with Crippen LogP contribution in [0.25, 0.3) is 0 Å². The molecule has 2 N–H and O–H groups in total. The van der Waals surface area contributed by atoms with E-state index >= 15 is 0 Å². The highest BCUT2D eigenvalue weighted by atomic mass is 31.2. The molecule has 0 aromatic heterocycles. The van der Waals surface area contributed by atoms with Crippen molar-refractivity contribution in [1.29, 1.82) is 0 Å². The Morgan fingerprint density at radius 2 is 0.721 bits per heavy atom. The molecular formula is C77H137N2O6P. The summed E-state index contributed by atoms with van der Waals surface area (Å²) in [5, 5.41) is 13.9. The second kappa shape index (κ2) is 66.3. The lowest BCUT2D eigenvalue weighted by molar-refractivity contribution is -0.870. The summed E-state index contributed by atoms with van der Waals surface area (Å²) in [5.41, 5.74) is 0. The molecule has 0 aliphatic heterocycles. The van der Waals surface area contributed by atoms with E-state index in [1.165, 1.54) is 193 Å². The van der Waals surface area contributed by atoms with Crippen molar-refractivity contribution in [2.45, 2.75) is 321 Å². The van der Waals surface area contributed by atoms with E-state index in [4.69, 9.17) is 9.05 Å². The van der Waals surface area contributed by atoms with Gasteiger partial charge in [0.05, 0.1) is 39.9 Å². The van der Waals surface area contributed by atoms with Gasteiger partial charge in [0.2, 0.25) is 5.91 Å². The van der Waals surface area contributed by atoms with Crippen LogP contribution in [0.2, 0.25) is 0 Å². The van der Waals surface area contributed by atoms with Crippen LogP contribution in [0, 0.1) is 0 Å². The maximum atomic E-state index is 13.0. The smallest absolute Gasteiger partial charge is 0.268 e. The predicted octanol–water partition coefficient (Wildman–Crippen LogP) is 22.6. The number of unbranched alkanes of at least 4 members (excludes halogenated alkanes) is 34. The van der Waals surface area contributed by atoms with Gasteiger partial charge in [-0.05, 0) is 103 Å². The first-order chi connectivity index (χ1) is 42.0. The van der Waals surface area contributed by atoms with Gasteiger partial charge in [-0.25, -0.2) is 0 Å². The number of rotatable bonds is 65. The van der Waals surface area contributed by atoms with E-state index in [9.17, 15) is 19.4 Å². The number of allylic oxidation sites excluding steroid dienone is 19. The first-order valence-corrected chi connectivity index (χ1v) is 37.4. The van der Waals surface area contributed by atoms with E-state index in [-0.39, 0.29) is 12.5 Å². The Kier molecular flexibility index (Phi) is 63.9. The fourth-order valence-electron chi connectivity index (χ4n) is 10.1. The van der Waals surface area contributed by atoms with Crippen molar-refractivity contribution in [3.8, 4) is 0 Å². The lowest BCUT2D eigenvalue weighted by atomic mass is 10.0. The molecule has 0 heterocycles. The van der Waals surface area contributed by atoms with Crippen LogP contribution in [0.5, 0.6) is 0 Å². The first kappa shape index (κ1) is 82.9. The zero-order valence-electron chi connectivity index (χ0n) is 56.7. The molecule has 496 valence electrons. The number of carbonyl (C=O) groups excluding carboxylic acids is 1. The molecule has 9 heteroatoms. The Balaban J connectivity index is 4.16. The fraction of sp³-hybridized carbons (Fsp3) is 0.727. The van der Waals surface area contributed by atoms with Crippen molar-refractivity contribution >= 4 is 13.7 Å². The van der Waals surface area contributed by atoms with Gasteiger partial charge >= 0.3 is 0 Å². The summed E-state index contributed by atoms with van der Waals surface area (Å²) in [7, 11) is 1.23. The van der Waals surface area contributed by atoms with E-state index in [0.717, 1.165) is 96.3 Å². The minimum atomic E-state index is -4.63. The first-order valence-electron chi connectivity index (χ1n) is 35.9. The third-order valence-electron chi connectivity index (χ3n) is 15.6. The van der Waals surface area contributed by atoms with Gasteiger partial charge in [-0.3, -0.25) is 9.36 Å². The largest absolute Gasteiger partial charge is 0.756 e. The number of hydrogen-bond donors (Lipinski definition) is 2. The maximum Gasteiger partial charge on any atom is 0.268 e. The van der Waals surface area contributed by atoms with Gasteiger partial charge in [0.15, 0.2) is 0 Å². The fourth-order valence-corrected chi connectivity index (χ4v) is 10.8. The van der Waals surface area contributed by atoms with E-state index in [2.05, 4.69) is 129 Å². The highest BCUT2D eigenvalue weighted by molar-refractivity contribution is 7.45. The van der Waals surface area contributed by atoms with Crippen molar-refractivity contribution in [3.63, 3.8) is 0 Å². The lowest BCUT2D eigenvalue weighted by Gasteiger charge is -2.29. The Morgan fingerprint density at radius 3 is 1.08 bits per heavy atom. The molecule has 0 spiro atoms.